The van der Waals surface area contributed by atoms with E-state index < -0.39 is 6.03 Å². The highest BCUT2D eigenvalue weighted by Crippen LogP contribution is 1.79. The fourth-order valence-corrected chi connectivity index (χ4v) is 0.402. The Bertz CT molecular complexity index is 76.4. The van der Waals surface area contributed by atoms with Crippen LogP contribution in [0.3, 0.4) is 0 Å². The van der Waals surface area contributed by atoms with Gasteiger partial charge in [-0.2, -0.15) is 0 Å². The molecule has 0 spiro atoms. The number of urea groups is 1. The van der Waals surface area contributed by atoms with Gasteiger partial charge in [0, 0.05) is 12.4 Å². The van der Waals surface area contributed by atoms with Crippen molar-refractivity contribution in [2.45, 2.75) is 6.42 Å². The average Bonchev–Trinajstić information content (AvgIpc) is 1.66. The Labute approximate surface area is 53.2 Å². The maximum absolute atomic E-state index is 9.83. The van der Waals surface area contributed by atoms with Crippen LogP contribution in [0.4, 0.5) is 4.79 Å². The highest BCUT2D eigenvalue weighted by Gasteiger charge is 1.88. The number of hydrogen-bond donors (Lipinski definition) is 1. The number of halogens is 1. The minimum atomic E-state index is -0.741. The molecule has 0 unspecified atom stereocenters. The SMILES string of the molecule is [NH]C(=O)NCCCCl. The monoisotopic (exact) mass is 135 g/mol. The lowest BCUT2D eigenvalue weighted by molar-refractivity contribution is 0.248. The Morgan fingerprint density at radius 1 is 1.75 bits per heavy atom. The van der Waals surface area contributed by atoms with E-state index in [1.807, 2.05) is 0 Å². The van der Waals surface area contributed by atoms with E-state index >= 15 is 0 Å². The quantitative estimate of drug-likeness (QED) is 0.447. The van der Waals surface area contributed by atoms with Crippen LogP contribution in [0.15, 0.2) is 0 Å². The minimum absolute atomic E-state index is 0.506. The Hall–Kier alpha value is -0.440. The summed E-state index contributed by atoms with van der Waals surface area (Å²) < 4.78 is 0. The van der Waals surface area contributed by atoms with Gasteiger partial charge >= 0.3 is 6.03 Å². The maximum atomic E-state index is 9.83. The van der Waals surface area contributed by atoms with E-state index in [2.05, 4.69) is 5.32 Å². The summed E-state index contributed by atoms with van der Waals surface area (Å²) in [6, 6.07) is -0.741. The van der Waals surface area contributed by atoms with Crippen molar-refractivity contribution in [2.75, 3.05) is 12.4 Å². The van der Waals surface area contributed by atoms with E-state index in [1.165, 1.54) is 0 Å². The highest BCUT2D eigenvalue weighted by atomic mass is 35.5. The van der Waals surface area contributed by atoms with Gasteiger partial charge in [-0.05, 0) is 6.42 Å². The summed E-state index contributed by atoms with van der Waals surface area (Å²) in [5, 5.41) is 2.29. The molecule has 0 aromatic carbocycles. The van der Waals surface area contributed by atoms with Gasteiger partial charge in [0.25, 0.3) is 0 Å². The normalized spacial score (nSPS) is 8.62. The van der Waals surface area contributed by atoms with Crippen LogP contribution in [0, 0.1) is 0 Å². The molecule has 0 saturated carbocycles. The van der Waals surface area contributed by atoms with Crippen molar-refractivity contribution in [1.29, 1.82) is 0 Å². The lowest BCUT2D eigenvalue weighted by Gasteiger charge is -1.94. The molecule has 2 amide bonds. The van der Waals surface area contributed by atoms with Crippen molar-refractivity contribution in [3.63, 3.8) is 0 Å². The molecular weight excluding hydrogens is 128 g/mol. The van der Waals surface area contributed by atoms with Gasteiger partial charge in [0.2, 0.25) is 0 Å². The smallest absolute Gasteiger partial charge is 0.333 e. The molecule has 47 valence electrons. The number of nitrogens with one attached hydrogen (secondary N) is 2. The second-order valence-corrected chi connectivity index (χ2v) is 1.68. The molecule has 2 N–H and O–H groups in total. The van der Waals surface area contributed by atoms with E-state index in [4.69, 9.17) is 17.3 Å². The summed E-state index contributed by atoms with van der Waals surface area (Å²) in [7, 11) is 0. The predicted molar refractivity (Wildman–Crippen MR) is 31.8 cm³/mol. The van der Waals surface area contributed by atoms with Crippen LogP contribution in [-0.4, -0.2) is 18.5 Å². The van der Waals surface area contributed by atoms with Crippen molar-refractivity contribution in [3.8, 4) is 0 Å². The number of carbonyl (C=O) groups is 1. The Morgan fingerprint density at radius 3 is 2.75 bits per heavy atom. The van der Waals surface area contributed by atoms with E-state index in [9.17, 15) is 4.79 Å². The summed E-state index contributed by atoms with van der Waals surface area (Å²) in [5.41, 5.74) is 6.36. The molecule has 0 heterocycles. The molecule has 8 heavy (non-hydrogen) atoms. The lowest BCUT2D eigenvalue weighted by atomic mass is 10.5. The summed E-state index contributed by atoms with van der Waals surface area (Å²) in [5.74, 6) is 0.528. The van der Waals surface area contributed by atoms with Gasteiger partial charge in [-0.3, -0.25) is 0 Å². The third kappa shape index (κ3) is 5.56. The number of alkyl halides is 1. The first-order chi connectivity index (χ1) is 3.77. The molecular formula is C4H8ClN2O. The molecule has 0 bridgehead atoms. The molecule has 0 aliphatic heterocycles. The minimum Gasteiger partial charge on any atom is -0.337 e. The molecule has 0 aliphatic rings. The third-order valence-electron chi connectivity index (χ3n) is 0.596. The van der Waals surface area contributed by atoms with Crippen molar-refractivity contribution in [1.82, 2.24) is 11.1 Å². The molecule has 0 rings (SSSR count). The van der Waals surface area contributed by atoms with Gasteiger partial charge in [0.05, 0.1) is 0 Å². The molecule has 4 heteroatoms. The highest BCUT2D eigenvalue weighted by molar-refractivity contribution is 6.17. The Morgan fingerprint density at radius 2 is 2.38 bits per heavy atom. The van der Waals surface area contributed by atoms with Crippen LogP contribution < -0.4 is 11.1 Å². The van der Waals surface area contributed by atoms with Crippen LogP contribution >= 0.6 is 11.6 Å². The van der Waals surface area contributed by atoms with Crippen LogP contribution in [0.5, 0.6) is 0 Å². The van der Waals surface area contributed by atoms with E-state index in [1.54, 1.807) is 0 Å². The van der Waals surface area contributed by atoms with Crippen LogP contribution in [0.2, 0.25) is 0 Å². The maximum Gasteiger partial charge on any atom is 0.333 e. The van der Waals surface area contributed by atoms with E-state index in [-0.39, 0.29) is 0 Å². The number of amides is 2. The molecule has 1 radical (unpaired) electrons. The summed E-state index contributed by atoms with van der Waals surface area (Å²) >= 11 is 5.27. The Kier molecular flexibility index (Phi) is 4.45. The molecule has 0 aromatic heterocycles. The summed E-state index contributed by atoms with van der Waals surface area (Å²) in [6.45, 7) is 0.506. The number of hydrogen-bond acceptors (Lipinski definition) is 1. The predicted octanol–water partition coefficient (Wildman–Crippen LogP) is 0.608. The molecule has 3 nitrogen and oxygen atoms in total. The molecule has 0 aromatic rings. The summed E-state index contributed by atoms with van der Waals surface area (Å²) in [6.07, 6.45) is 0.728. The van der Waals surface area contributed by atoms with Gasteiger partial charge in [-0.15, -0.1) is 11.6 Å². The zero-order chi connectivity index (χ0) is 6.41. The van der Waals surface area contributed by atoms with E-state index in [0.29, 0.717) is 12.4 Å². The van der Waals surface area contributed by atoms with E-state index in [0.717, 1.165) is 6.42 Å². The van der Waals surface area contributed by atoms with Crippen molar-refractivity contribution in [2.24, 2.45) is 0 Å². The number of rotatable bonds is 3. The Balaban J connectivity index is 2.82. The largest absolute Gasteiger partial charge is 0.337 e. The van der Waals surface area contributed by atoms with Crippen LogP contribution in [0.25, 0.3) is 0 Å². The molecule has 0 aliphatic carbocycles. The van der Waals surface area contributed by atoms with Crippen molar-refractivity contribution >= 4 is 17.6 Å². The second kappa shape index (κ2) is 4.71. The number of carbonyl (C=O) groups excluding carboxylic acids is 1. The zero-order valence-electron chi connectivity index (χ0n) is 4.41. The van der Waals surface area contributed by atoms with Crippen LogP contribution in [0.1, 0.15) is 6.42 Å². The van der Waals surface area contributed by atoms with Gasteiger partial charge in [0.15, 0.2) is 0 Å². The molecule has 0 fully saturated rings. The summed E-state index contributed by atoms with van der Waals surface area (Å²) in [4.78, 5) is 9.83. The molecule has 0 saturated heterocycles. The van der Waals surface area contributed by atoms with Gasteiger partial charge in [0.1, 0.15) is 0 Å². The first-order valence-corrected chi connectivity index (χ1v) is 2.86. The second-order valence-electron chi connectivity index (χ2n) is 1.30. The lowest BCUT2D eigenvalue weighted by Crippen LogP contribution is -2.23. The first kappa shape index (κ1) is 7.56. The standard InChI is InChI=1S/C4H8ClN2O/c5-2-1-3-7-4(6)8/h6H,1-3H2,(H,7,8). The average molecular weight is 136 g/mol. The molecule has 0 atom stereocenters. The van der Waals surface area contributed by atoms with Crippen molar-refractivity contribution in [3.05, 3.63) is 0 Å². The van der Waals surface area contributed by atoms with Crippen LogP contribution in [-0.2, 0) is 0 Å². The zero-order valence-corrected chi connectivity index (χ0v) is 5.16. The fourth-order valence-electron chi connectivity index (χ4n) is 0.269. The fraction of sp³-hybridized carbons (Fsp3) is 0.750. The topological polar surface area (TPSA) is 52.9 Å². The van der Waals surface area contributed by atoms with Gasteiger partial charge in [-0.25, -0.2) is 10.5 Å². The van der Waals surface area contributed by atoms with Crippen molar-refractivity contribution < 1.29 is 4.79 Å². The first-order valence-electron chi connectivity index (χ1n) is 2.32. The van der Waals surface area contributed by atoms with Gasteiger partial charge < -0.3 is 5.32 Å². The van der Waals surface area contributed by atoms with Gasteiger partial charge in [-0.1, -0.05) is 0 Å². The third-order valence-corrected chi connectivity index (χ3v) is 0.863.